The number of pyridine rings is 1. The summed E-state index contributed by atoms with van der Waals surface area (Å²) in [4.78, 5) is 12.3. The lowest BCUT2D eigenvalue weighted by Crippen LogP contribution is -2.38. The van der Waals surface area contributed by atoms with Crippen LogP contribution in [0.1, 0.15) is 18.2 Å². The molecule has 0 atom stereocenters. The van der Waals surface area contributed by atoms with Gasteiger partial charge in [0.05, 0.1) is 12.2 Å². The van der Waals surface area contributed by atoms with Gasteiger partial charge in [-0.25, -0.2) is 9.38 Å². The number of fused-ring (bicyclic) bond motifs is 2. The molecule has 2 heterocycles. The lowest BCUT2D eigenvalue weighted by Gasteiger charge is -2.11. The lowest BCUT2D eigenvalue weighted by molar-refractivity contribution is 0.629. The van der Waals surface area contributed by atoms with Crippen LogP contribution in [0.15, 0.2) is 65.9 Å². The Morgan fingerprint density at radius 1 is 1.10 bits per heavy atom. The van der Waals surface area contributed by atoms with Crippen LogP contribution in [-0.4, -0.2) is 29.0 Å². The quantitative estimate of drug-likeness (QED) is 0.343. The number of guanidine groups is 1. The number of H-pyrrole nitrogens is 1. The molecule has 4 rings (SSSR count). The molecule has 0 saturated carbocycles. The van der Waals surface area contributed by atoms with Crippen LogP contribution in [0.4, 0.5) is 4.39 Å². The van der Waals surface area contributed by atoms with E-state index in [4.69, 9.17) is 4.99 Å². The van der Waals surface area contributed by atoms with Crippen molar-refractivity contribution in [2.45, 2.75) is 19.9 Å². The van der Waals surface area contributed by atoms with Crippen LogP contribution in [0, 0.1) is 5.82 Å². The fourth-order valence-electron chi connectivity index (χ4n) is 3.48. The Hall–Kier alpha value is -3.41. The molecular formula is C23H24FN5. The summed E-state index contributed by atoms with van der Waals surface area (Å²) in [5.74, 6) is 0.528. The minimum atomic E-state index is -0.229. The Bertz CT molecular complexity index is 1140. The highest BCUT2D eigenvalue weighted by atomic mass is 19.1. The van der Waals surface area contributed by atoms with Gasteiger partial charge in [0.1, 0.15) is 5.82 Å². The zero-order valence-corrected chi connectivity index (χ0v) is 16.4. The van der Waals surface area contributed by atoms with Crippen LogP contribution in [0.3, 0.4) is 0 Å². The molecule has 0 amide bonds. The summed E-state index contributed by atoms with van der Waals surface area (Å²) >= 11 is 0. The summed E-state index contributed by atoms with van der Waals surface area (Å²) < 4.78 is 13.3. The van der Waals surface area contributed by atoms with Crippen LogP contribution in [-0.2, 0) is 13.0 Å². The zero-order chi connectivity index (χ0) is 20.1. The number of aromatic amines is 1. The fraction of sp³-hybridized carbons (Fsp3) is 0.217. The normalized spacial score (nSPS) is 11.9. The van der Waals surface area contributed by atoms with Gasteiger partial charge in [-0.05, 0) is 48.6 Å². The van der Waals surface area contributed by atoms with E-state index >= 15 is 0 Å². The molecular weight excluding hydrogens is 365 g/mol. The summed E-state index contributed by atoms with van der Waals surface area (Å²) in [5, 5.41) is 10.0. The molecule has 0 bridgehead atoms. The highest BCUT2D eigenvalue weighted by Crippen LogP contribution is 2.19. The van der Waals surface area contributed by atoms with Gasteiger partial charge in [0.15, 0.2) is 5.96 Å². The maximum Gasteiger partial charge on any atom is 0.191 e. The van der Waals surface area contributed by atoms with Crippen molar-refractivity contribution in [3.05, 3.63) is 78.0 Å². The number of nitrogens with zero attached hydrogens (tertiary/aromatic N) is 2. The average Bonchev–Trinajstić information content (AvgIpc) is 3.14. The van der Waals surface area contributed by atoms with Crippen LogP contribution in [0.5, 0.6) is 0 Å². The van der Waals surface area contributed by atoms with Crippen molar-refractivity contribution in [2.24, 2.45) is 4.99 Å². The Labute approximate surface area is 169 Å². The highest BCUT2D eigenvalue weighted by Gasteiger charge is 2.06. The van der Waals surface area contributed by atoms with E-state index in [9.17, 15) is 4.39 Å². The van der Waals surface area contributed by atoms with Gasteiger partial charge >= 0.3 is 0 Å². The first-order chi connectivity index (χ1) is 14.2. The van der Waals surface area contributed by atoms with Crippen LogP contribution in [0.25, 0.3) is 21.7 Å². The van der Waals surface area contributed by atoms with E-state index < -0.39 is 0 Å². The maximum absolute atomic E-state index is 13.3. The molecule has 0 fully saturated rings. The van der Waals surface area contributed by atoms with Gasteiger partial charge in [0.25, 0.3) is 0 Å². The molecule has 0 spiro atoms. The minimum Gasteiger partial charge on any atom is -0.361 e. The van der Waals surface area contributed by atoms with Gasteiger partial charge in [-0.2, -0.15) is 0 Å². The summed E-state index contributed by atoms with van der Waals surface area (Å²) in [6, 6.07) is 15.1. The summed E-state index contributed by atoms with van der Waals surface area (Å²) in [5.41, 5.74) is 2.93. The van der Waals surface area contributed by atoms with Crippen molar-refractivity contribution >= 4 is 27.6 Å². The van der Waals surface area contributed by atoms with Gasteiger partial charge < -0.3 is 15.6 Å². The average molecular weight is 389 g/mol. The molecule has 29 heavy (non-hydrogen) atoms. The maximum atomic E-state index is 13.3. The van der Waals surface area contributed by atoms with Crippen molar-refractivity contribution in [1.29, 1.82) is 0 Å². The van der Waals surface area contributed by atoms with Crippen LogP contribution >= 0.6 is 0 Å². The molecule has 0 saturated heterocycles. The summed E-state index contributed by atoms with van der Waals surface area (Å²) in [7, 11) is 0. The van der Waals surface area contributed by atoms with Gasteiger partial charge in [0.2, 0.25) is 0 Å². The monoisotopic (exact) mass is 389 g/mol. The largest absolute Gasteiger partial charge is 0.361 e. The molecule has 2 aromatic carbocycles. The first-order valence-electron chi connectivity index (χ1n) is 9.85. The third-order valence-electron chi connectivity index (χ3n) is 4.90. The van der Waals surface area contributed by atoms with Gasteiger partial charge in [-0.15, -0.1) is 0 Å². The summed E-state index contributed by atoms with van der Waals surface area (Å²) in [6.45, 7) is 4.05. The third-order valence-corrected chi connectivity index (χ3v) is 4.90. The van der Waals surface area contributed by atoms with E-state index in [2.05, 4.69) is 32.7 Å². The number of rotatable bonds is 6. The Balaban J connectivity index is 1.43. The molecule has 0 aliphatic rings. The van der Waals surface area contributed by atoms with Crippen molar-refractivity contribution in [3.63, 3.8) is 0 Å². The van der Waals surface area contributed by atoms with Gasteiger partial charge in [0, 0.05) is 41.8 Å². The Morgan fingerprint density at radius 2 is 2.00 bits per heavy atom. The van der Waals surface area contributed by atoms with E-state index in [-0.39, 0.29) is 5.82 Å². The smallest absolute Gasteiger partial charge is 0.191 e. The van der Waals surface area contributed by atoms with E-state index in [1.165, 1.54) is 17.5 Å². The predicted molar refractivity (Wildman–Crippen MR) is 117 cm³/mol. The fourth-order valence-corrected chi connectivity index (χ4v) is 3.48. The molecule has 0 radical (unpaired) electrons. The number of benzene rings is 2. The van der Waals surface area contributed by atoms with E-state index in [1.54, 1.807) is 0 Å². The predicted octanol–water partition coefficient (Wildman–Crippen LogP) is 4.15. The molecule has 3 N–H and O–H groups in total. The van der Waals surface area contributed by atoms with Crippen molar-refractivity contribution in [1.82, 2.24) is 20.6 Å². The van der Waals surface area contributed by atoms with E-state index in [0.717, 1.165) is 53.0 Å². The van der Waals surface area contributed by atoms with Crippen LogP contribution in [0.2, 0.25) is 0 Å². The number of hydrogen-bond acceptors (Lipinski definition) is 2. The molecule has 0 aliphatic heterocycles. The number of hydrogen-bond donors (Lipinski definition) is 3. The van der Waals surface area contributed by atoms with Crippen molar-refractivity contribution < 1.29 is 4.39 Å². The molecule has 148 valence electrons. The number of halogens is 1. The molecule has 2 aromatic heterocycles. The molecule has 4 aromatic rings. The van der Waals surface area contributed by atoms with Gasteiger partial charge in [-0.3, -0.25) is 4.98 Å². The third kappa shape index (κ3) is 4.37. The zero-order valence-electron chi connectivity index (χ0n) is 16.4. The second-order valence-electron chi connectivity index (χ2n) is 6.85. The first-order valence-corrected chi connectivity index (χ1v) is 9.85. The highest BCUT2D eigenvalue weighted by molar-refractivity contribution is 5.85. The first kappa shape index (κ1) is 18.9. The lowest BCUT2D eigenvalue weighted by atomic mass is 10.1. The Kier molecular flexibility index (Phi) is 5.70. The van der Waals surface area contributed by atoms with E-state index in [1.807, 2.05) is 43.6 Å². The topological polar surface area (TPSA) is 65.1 Å². The molecule has 6 heteroatoms. The van der Waals surface area contributed by atoms with Gasteiger partial charge in [-0.1, -0.05) is 24.3 Å². The number of nitrogens with one attached hydrogen (secondary N) is 3. The molecule has 0 unspecified atom stereocenters. The second kappa shape index (κ2) is 8.73. The van der Waals surface area contributed by atoms with Crippen molar-refractivity contribution in [2.75, 3.05) is 13.1 Å². The molecule has 5 nitrogen and oxygen atoms in total. The molecule has 0 aliphatic carbocycles. The Morgan fingerprint density at radius 3 is 2.90 bits per heavy atom. The minimum absolute atomic E-state index is 0.229. The number of aliphatic imine (C=N–C) groups is 1. The summed E-state index contributed by atoms with van der Waals surface area (Å²) in [6.07, 6.45) is 4.58. The van der Waals surface area contributed by atoms with E-state index in [0.29, 0.717) is 6.54 Å². The SMILES string of the molecule is CCNC(=NCc1nccc2ccccc12)NCCc1c[nH]c2cc(F)ccc12. The standard InChI is InChI=1S/C23H24FN5/c1-2-25-23(29-15-22-19-6-4-3-5-16(19)9-11-26-22)27-12-10-17-14-28-21-13-18(24)7-8-20(17)21/h3-9,11,13-14,28H,2,10,12,15H2,1H3,(H2,25,27,29). The van der Waals surface area contributed by atoms with Crippen LogP contribution < -0.4 is 10.6 Å². The second-order valence-corrected chi connectivity index (χ2v) is 6.85. The number of aromatic nitrogens is 2. The van der Waals surface area contributed by atoms with Crippen molar-refractivity contribution in [3.8, 4) is 0 Å².